The molecule has 0 aromatic heterocycles. The second-order valence-corrected chi connectivity index (χ2v) is 5.85. The Hall–Kier alpha value is -0.780. The van der Waals surface area contributed by atoms with E-state index in [9.17, 15) is 18.0 Å². The summed E-state index contributed by atoms with van der Waals surface area (Å²) in [6.45, 7) is 6.48. The Morgan fingerprint density at radius 2 is 1.65 bits per heavy atom. The average molecular weight is 295 g/mol. The largest absolute Gasteiger partial charge is 0.481 e. The van der Waals surface area contributed by atoms with Crippen molar-refractivity contribution < 1.29 is 23.1 Å². The van der Waals surface area contributed by atoms with E-state index in [2.05, 4.69) is 0 Å². The Bertz CT molecular complexity index is 332. The van der Waals surface area contributed by atoms with Crippen LogP contribution in [0.5, 0.6) is 0 Å². The second-order valence-electron chi connectivity index (χ2n) is 5.85. The summed E-state index contributed by atoms with van der Waals surface area (Å²) in [5, 5.41) is 9.01. The topological polar surface area (TPSA) is 40.5 Å². The van der Waals surface area contributed by atoms with Gasteiger partial charge in [-0.25, -0.2) is 0 Å². The Morgan fingerprint density at radius 1 is 1.15 bits per heavy atom. The highest BCUT2D eigenvalue weighted by Gasteiger charge is 2.53. The van der Waals surface area contributed by atoms with Crippen LogP contribution in [0.2, 0.25) is 0 Å². The average Bonchev–Trinajstić information content (AvgIpc) is 2.80. The Balaban J connectivity index is 2.83. The molecule has 0 amide bonds. The standard InChI is InChI=1S/C14H24F3NO2/c1-4-13(5-2,6-3)9-18-7-10(12(19)20)11(8-18)14(15,16)17/h10-11H,4-9H2,1-3H3,(H,19,20)/t10-,11-/m1/s1. The molecule has 0 saturated carbocycles. The predicted octanol–water partition coefficient (Wildman–Crippen LogP) is 3.40. The fourth-order valence-electron chi connectivity index (χ4n) is 3.16. The van der Waals surface area contributed by atoms with Crippen LogP contribution in [-0.4, -0.2) is 41.8 Å². The molecular formula is C14H24F3NO2. The number of halogens is 3. The molecule has 3 nitrogen and oxygen atoms in total. The quantitative estimate of drug-likeness (QED) is 0.816. The van der Waals surface area contributed by atoms with Crippen LogP contribution in [0.1, 0.15) is 40.0 Å². The minimum atomic E-state index is -4.44. The fourth-order valence-corrected chi connectivity index (χ4v) is 3.16. The Morgan fingerprint density at radius 3 is 1.95 bits per heavy atom. The molecule has 1 heterocycles. The first-order chi connectivity index (χ1) is 9.19. The third-order valence-electron chi connectivity index (χ3n) is 4.94. The molecular weight excluding hydrogens is 271 g/mol. The number of carbonyl (C=O) groups is 1. The number of aliphatic carboxylic acids is 1. The minimum absolute atomic E-state index is 0.00125. The van der Waals surface area contributed by atoms with E-state index in [0.717, 1.165) is 19.3 Å². The monoisotopic (exact) mass is 295 g/mol. The summed E-state index contributed by atoms with van der Waals surface area (Å²) in [7, 11) is 0. The smallest absolute Gasteiger partial charge is 0.393 e. The van der Waals surface area contributed by atoms with Gasteiger partial charge in [0.05, 0.1) is 11.8 Å². The lowest BCUT2D eigenvalue weighted by atomic mass is 9.79. The van der Waals surface area contributed by atoms with Gasteiger partial charge in [-0.15, -0.1) is 0 Å². The number of likely N-dealkylation sites (tertiary alicyclic amines) is 1. The third kappa shape index (κ3) is 3.65. The zero-order chi connectivity index (χ0) is 15.6. The van der Waals surface area contributed by atoms with Gasteiger partial charge in [0.1, 0.15) is 0 Å². The third-order valence-corrected chi connectivity index (χ3v) is 4.94. The lowest BCUT2D eigenvalue weighted by Gasteiger charge is -2.35. The molecule has 0 bridgehead atoms. The highest BCUT2D eigenvalue weighted by molar-refractivity contribution is 5.71. The van der Waals surface area contributed by atoms with Crippen molar-refractivity contribution in [3.8, 4) is 0 Å². The lowest BCUT2D eigenvalue weighted by molar-refractivity contribution is -0.188. The van der Waals surface area contributed by atoms with Crippen molar-refractivity contribution in [1.29, 1.82) is 0 Å². The van der Waals surface area contributed by atoms with Gasteiger partial charge < -0.3 is 10.0 Å². The molecule has 0 unspecified atom stereocenters. The maximum atomic E-state index is 12.9. The summed E-state index contributed by atoms with van der Waals surface area (Å²) >= 11 is 0. The van der Waals surface area contributed by atoms with Gasteiger partial charge in [-0.3, -0.25) is 4.79 Å². The Kier molecular flexibility index (Phi) is 5.46. The maximum Gasteiger partial charge on any atom is 0.393 e. The molecule has 0 aromatic carbocycles. The molecule has 6 heteroatoms. The highest BCUT2D eigenvalue weighted by Crippen LogP contribution is 2.40. The van der Waals surface area contributed by atoms with E-state index in [1.807, 2.05) is 20.8 Å². The van der Waals surface area contributed by atoms with Gasteiger partial charge in [-0.2, -0.15) is 13.2 Å². The number of carboxylic acid groups (broad SMARTS) is 1. The van der Waals surface area contributed by atoms with Crippen molar-refractivity contribution >= 4 is 5.97 Å². The molecule has 1 rings (SSSR count). The summed E-state index contributed by atoms with van der Waals surface area (Å²) in [5.41, 5.74) is -0.0104. The van der Waals surface area contributed by atoms with E-state index in [4.69, 9.17) is 5.11 Å². The van der Waals surface area contributed by atoms with Crippen LogP contribution in [0.15, 0.2) is 0 Å². The van der Waals surface area contributed by atoms with Gasteiger partial charge in [-0.05, 0) is 24.7 Å². The van der Waals surface area contributed by atoms with Crippen molar-refractivity contribution in [2.24, 2.45) is 17.3 Å². The second kappa shape index (κ2) is 6.33. The summed E-state index contributed by atoms with van der Waals surface area (Å²) in [6.07, 6.45) is -1.76. The summed E-state index contributed by atoms with van der Waals surface area (Å²) in [6, 6.07) is 0. The first kappa shape index (κ1) is 17.3. The molecule has 0 aromatic rings. The zero-order valence-electron chi connectivity index (χ0n) is 12.3. The normalized spacial score (nSPS) is 25.1. The van der Waals surface area contributed by atoms with Gasteiger partial charge in [0.25, 0.3) is 0 Å². The minimum Gasteiger partial charge on any atom is -0.481 e. The van der Waals surface area contributed by atoms with Gasteiger partial charge in [0.2, 0.25) is 0 Å². The van der Waals surface area contributed by atoms with Crippen LogP contribution in [0.3, 0.4) is 0 Å². The zero-order valence-corrected chi connectivity index (χ0v) is 12.3. The SMILES string of the molecule is CCC(CC)(CC)CN1C[C@@H](C(F)(F)F)[C@H](C(=O)O)C1. The molecule has 1 fully saturated rings. The van der Waals surface area contributed by atoms with Crippen LogP contribution in [0.25, 0.3) is 0 Å². The van der Waals surface area contributed by atoms with Gasteiger partial charge in [0.15, 0.2) is 0 Å². The van der Waals surface area contributed by atoms with Crippen LogP contribution >= 0.6 is 0 Å². The van der Waals surface area contributed by atoms with Crippen molar-refractivity contribution in [2.45, 2.75) is 46.2 Å². The van der Waals surface area contributed by atoms with Crippen molar-refractivity contribution in [2.75, 3.05) is 19.6 Å². The summed E-state index contributed by atoms with van der Waals surface area (Å²) in [5.74, 6) is -4.42. The molecule has 118 valence electrons. The number of rotatable bonds is 6. The number of hydrogen-bond acceptors (Lipinski definition) is 2. The number of hydrogen-bond donors (Lipinski definition) is 1. The van der Waals surface area contributed by atoms with E-state index in [0.29, 0.717) is 6.54 Å². The van der Waals surface area contributed by atoms with Crippen LogP contribution in [0, 0.1) is 17.3 Å². The molecule has 1 N–H and O–H groups in total. The van der Waals surface area contributed by atoms with E-state index in [1.165, 1.54) is 0 Å². The van der Waals surface area contributed by atoms with Crippen LogP contribution < -0.4 is 0 Å². The molecule has 1 aliphatic rings. The summed E-state index contributed by atoms with van der Waals surface area (Å²) in [4.78, 5) is 12.7. The number of nitrogens with zero attached hydrogens (tertiary/aromatic N) is 1. The number of carboxylic acids is 1. The molecule has 2 atom stereocenters. The molecule has 20 heavy (non-hydrogen) atoms. The van der Waals surface area contributed by atoms with Crippen molar-refractivity contribution in [1.82, 2.24) is 4.90 Å². The van der Waals surface area contributed by atoms with Crippen LogP contribution in [0.4, 0.5) is 13.2 Å². The van der Waals surface area contributed by atoms with E-state index in [1.54, 1.807) is 4.90 Å². The maximum absolute atomic E-state index is 12.9. The van der Waals surface area contributed by atoms with E-state index in [-0.39, 0.29) is 18.5 Å². The molecule has 0 aliphatic carbocycles. The summed E-state index contributed by atoms with van der Waals surface area (Å²) < 4.78 is 38.8. The van der Waals surface area contributed by atoms with Crippen LogP contribution in [-0.2, 0) is 4.79 Å². The molecule has 0 radical (unpaired) electrons. The number of alkyl halides is 3. The first-order valence-corrected chi connectivity index (χ1v) is 7.21. The fraction of sp³-hybridized carbons (Fsp3) is 0.929. The Labute approximate surface area is 118 Å². The van der Waals surface area contributed by atoms with Gasteiger partial charge in [-0.1, -0.05) is 20.8 Å². The molecule has 1 aliphatic heterocycles. The lowest BCUT2D eigenvalue weighted by Crippen LogP contribution is -2.36. The van der Waals surface area contributed by atoms with E-state index < -0.39 is 24.0 Å². The molecule has 0 spiro atoms. The van der Waals surface area contributed by atoms with Crippen molar-refractivity contribution in [3.05, 3.63) is 0 Å². The molecule has 1 saturated heterocycles. The van der Waals surface area contributed by atoms with Gasteiger partial charge in [0, 0.05) is 19.6 Å². The first-order valence-electron chi connectivity index (χ1n) is 7.21. The predicted molar refractivity (Wildman–Crippen MR) is 70.4 cm³/mol. The van der Waals surface area contributed by atoms with Gasteiger partial charge >= 0.3 is 12.1 Å². The van der Waals surface area contributed by atoms with E-state index >= 15 is 0 Å². The van der Waals surface area contributed by atoms with Crippen molar-refractivity contribution in [3.63, 3.8) is 0 Å². The highest BCUT2D eigenvalue weighted by atomic mass is 19.4.